The van der Waals surface area contributed by atoms with Crippen LogP contribution in [0.5, 0.6) is 0 Å². The maximum absolute atomic E-state index is 12.7. The number of anilines is 3. The number of hydrogen-bond donors (Lipinski definition) is 2. The van der Waals surface area contributed by atoms with Crippen molar-refractivity contribution in [2.45, 2.75) is 20.4 Å². The summed E-state index contributed by atoms with van der Waals surface area (Å²) in [6, 6.07) is 17.3. The molecule has 0 atom stereocenters. The van der Waals surface area contributed by atoms with Crippen LogP contribution in [0.1, 0.15) is 10.4 Å². The minimum atomic E-state index is -0.276. The molecule has 2 aromatic heterocycles. The van der Waals surface area contributed by atoms with Gasteiger partial charge in [-0.1, -0.05) is 18.2 Å². The van der Waals surface area contributed by atoms with Gasteiger partial charge in [-0.3, -0.25) is 14.2 Å². The van der Waals surface area contributed by atoms with Crippen molar-refractivity contribution in [1.29, 1.82) is 0 Å². The molecule has 4 rings (SSSR count). The lowest BCUT2D eigenvalue weighted by atomic mass is 10.2. The van der Waals surface area contributed by atoms with E-state index >= 15 is 0 Å². The summed E-state index contributed by atoms with van der Waals surface area (Å²) in [5.74, 6) is -0.276. The fourth-order valence-electron chi connectivity index (χ4n) is 3.06. The zero-order chi connectivity index (χ0) is 20.4. The van der Waals surface area contributed by atoms with Gasteiger partial charge >= 0.3 is 0 Å². The SMILES string of the molecule is Cc1sc2ncn(CC(=O)Nc3ccc(Nc4ccccc4)cc3)c(=O)c2c1C. The Labute approximate surface area is 171 Å². The Kier molecular flexibility index (Phi) is 5.14. The highest BCUT2D eigenvalue weighted by molar-refractivity contribution is 7.18. The molecule has 0 saturated carbocycles. The average Bonchev–Trinajstić information content (AvgIpc) is 3.01. The van der Waals surface area contributed by atoms with Gasteiger partial charge in [0.1, 0.15) is 11.4 Å². The number of para-hydroxylation sites is 1. The van der Waals surface area contributed by atoms with Gasteiger partial charge in [-0.25, -0.2) is 4.98 Å². The molecular formula is C22H20N4O2S. The fourth-order valence-corrected chi connectivity index (χ4v) is 4.05. The third-order valence-electron chi connectivity index (χ3n) is 4.70. The van der Waals surface area contributed by atoms with Crippen molar-refractivity contribution in [3.63, 3.8) is 0 Å². The minimum Gasteiger partial charge on any atom is -0.356 e. The van der Waals surface area contributed by atoms with Gasteiger partial charge in [0.25, 0.3) is 5.56 Å². The Morgan fingerprint density at radius 2 is 1.66 bits per heavy atom. The Hall–Kier alpha value is -3.45. The van der Waals surface area contributed by atoms with Gasteiger partial charge in [-0.15, -0.1) is 11.3 Å². The van der Waals surface area contributed by atoms with Crippen LogP contribution >= 0.6 is 11.3 Å². The first-order valence-corrected chi connectivity index (χ1v) is 10.00. The largest absolute Gasteiger partial charge is 0.356 e. The van der Waals surface area contributed by atoms with Crippen molar-refractivity contribution < 1.29 is 4.79 Å². The monoisotopic (exact) mass is 404 g/mol. The van der Waals surface area contributed by atoms with E-state index in [4.69, 9.17) is 0 Å². The highest BCUT2D eigenvalue weighted by atomic mass is 32.1. The fraction of sp³-hybridized carbons (Fsp3) is 0.136. The van der Waals surface area contributed by atoms with E-state index in [1.54, 1.807) is 0 Å². The second kappa shape index (κ2) is 7.89. The van der Waals surface area contributed by atoms with Crippen LogP contribution in [0.2, 0.25) is 0 Å². The molecule has 7 heteroatoms. The maximum Gasteiger partial charge on any atom is 0.262 e. The molecule has 0 spiro atoms. The van der Waals surface area contributed by atoms with Crippen molar-refractivity contribution in [1.82, 2.24) is 9.55 Å². The summed E-state index contributed by atoms with van der Waals surface area (Å²) in [5.41, 5.74) is 3.32. The van der Waals surface area contributed by atoms with Crippen LogP contribution in [-0.4, -0.2) is 15.5 Å². The first-order chi connectivity index (χ1) is 14.0. The predicted octanol–water partition coefficient (Wildman–Crippen LogP) is 4.46. The van der Waals surface area contributed by atoms with Crippen molar-refractivity contribution in [3.8, 4) is 0 Å². The van der Waals surface area contributed by atoms with Gasteiger partial charge in [0.05, 0.1) is 11.7 Å². The number of aromatic nitrogens is 2. The molecule has 0 aliphatic carbocycles. The zero-order valence-corrected chi connectivity index (χ0v) is 16.9. The van der Waals surface area contributed by atoms with Gasteiger partial charge in [-0.2, -0.15) is 0 Å². The van der Waals surface area contributed by atoms with Gasteiger partial charge in [-0.05, 0) is 55.8 Å². The number of hydrogen-bond acceptors (Lipinski definition) is 5. The summed E-state index contributed by atoms with van der Waals surface area (Å²) in [4.78, 5) is 31.2. The number of benzene rings is 2. The lowest BCUT2D eigenvalue weighted by Gasteiger charge is -2.09. The molecule has 2 heterocycles. The number of rotatable bonds is 5. The molecule has 2 N–H and O–H groups in total. The van der Waals surface area contributed by atoms with Crippen LogP contribution in [0.25, 0.3) is 10.2 Å². The highest BCUT2D eigenvalue weighted by Gasteiger charge is 2.13. The Balaban J connectivity index is 1.45. The van der Waals surface area contributed by atoms with E-state index in [1.165, 1.54) is 22.2 Å². The third-order valence-corrected chi connectivity index (χ3v) is 5.82. The van der Waals surface area contributed by atoms with Gasteiger partial charge in [0.2, 0.25) is 5.91 Å². The number of nitrogens with one attached hydrogen (secondary N) is 2. The summed E-state index contributed by atoms with van der Waals surface area (Å²) in [6.45, 7) is 3.79. The van der Waals surface area contributed by atoms with E-state index in [0.717, 1.165) is 21.8 Å². The second-order valence-corrected chi connectivity index (χ2v) is 7.96. The van der Waals surface area contributed by atoms with E-state index in [0.29, 0.717) is 15.9 Å². The quantitative estimate of drug-likeness (QED) is 0.515. The molecule has 146 valence electrons. The highest BCUT2D eigenvalue weighted by Crippen LogP contribution is 2.25. The molecular weight excluding hydrogens is 384 g/mol. The van der Waals surface area contributed by atoms with Crippen LogP contribution in [0.15, 0.2) is 65.7 Å². The summed E-state index contributed by atoms with van der Waals surface area (Å²) in [5, 5.41) is 6.71. The van der Waals surface area contributed by atoms with E-state index < -0.39 is 0 Å². The average molecular weight is 404 g/mol. The molecule has 0 bridgehead atoms. The number of fused-ring (bicyclic) bond motifs is 1. The Bertz CT molecular complexity index is 1230. The van der Waals surface area contributed by atoms with Crippen molar-refractivity contribution in [2.75, 3.05) is 10.6 Å². The van der Waals surface area contributed by atoms with Crippen molar-refractivity contribution >= 4 is 44.5 Å². The van der Waals surface area contributed by atoms with Crippen LogP contribution in [0.3, 0.4) is 0 Å². The molecule has 0 aliphatic rings. The maximum atomic E-state index is 12.7. The molecule has 6 nitrogen and oxygen atoms in total. The number of carbonyl (C=O) groups excluding carboxylic acids is 1. The smallest absolute Gasteiger partial charge is 0.262 e. The first-order valence-electron chi connectivity index (χ1n) is 9.18. The number of thiophene rings is 1. The molecule has 0 fully saturated rings. The molecule has 29 heavy (non-hydrogen) atoms. The molecule has 0 unspecified atom stereocenters. The van der Waals surface area contributed by atoms with E-state index in [2.05, 4.69) is 15.6 Å². The van der Waals surface area contributed by atoms with Gasteiger partial charge in [0.15, 0.2) is 0 Å². The first kappa shape index (κ1) is 18.9. The van der Waals surface area contributed by atoms with E-state index in [9.17, 15) is 9.59 Å². The normalized spacial score (nSPS) is 10.8. The molecule has 0 radical (unpaired) electrons. The molecule has 1 amide bonds. The Morgan fingerprint density at radius 3 is 2.38 bits per heavy atom. The van der Waals surface area contributed by atoms with Gasteiger partial charge < -0.3 is 10.6 Å². The number of carbonyl (C=O) groups is 1. The standard InChI is InChI=1S/C22H20N4O2S/c1-14-15(2)29-21-20(14)22(28)26(13-23-21)12-19(27)25-18-10-8-17(9-11-18)24-16-6-4-3-5-7-16/h3-11,13,24H,12H2,1-2H3,(H,25,27). The number of aryl methyl sites for hydroxylation is 2. The molecule has 4 aromatic rings. The van der Waals surface area contributed by atoms with Crippen LogP contribution in [0, 0.1) is 13.8 Å². The second-order valence-electron chi connectivity index (χ2n) is 6.76. The molecule has 0 saturated heterocycles. The topological polar surface area (TPSA) is 76.0 Å². The number of nitrogens with zero attached hydrogens (tertiary/aromatic N) is 2. The van der Waals surface area contributed by atoms with Crippen LogP contribution in [0.4, 0.5) is 17.1 Å². The molecule has 2 aromatic carbocycles. The van der Waals surface area contributed by atoms with Crippen molar-refractivity contribution in [3.05, 3.63) is 81.7 Å². The van der Waals surface area contributed by atoms with Gasteiger partial charge in [0, 0.05) is 21.9 Å². The minimum absolute atomic E-state index is 0.0832. The third kappa shape index (κ3) is 4.05. The molecule has 0 aliphatic heterocycles. The van der Waals surface area contributed by atoms with Crippen molar-refractivity contribution in [2.24, 2.45) is 0 Å². The van der Waals surface area contributed by atoms with E-state index in [-0.39, 0.29) is 18.0 Å². The summed E-state index contributed by atoms with van der Waals surface area (Å²) in [6.07, 6.45) is 1.44. The lowest BCUT2D eigenvalue weighted by molar-refractivity contribution is -0.116. The van der Waals surface area contributed by atoms with Crippen LogP contribution < -0.4 is 16.2 Å². The Morgan fingerprint density at radius 1 is 1.00 bits per heavy atom. The lowest BCUT2D eigenvalue weighted by Crippen LogP contribution is -2.27. The predicted molar refractivity (Wildman–Crippen MR) is 118 cm³/mol. The van der Waals surface area contributed by atoms with Crippen LogP contribution in [-0.2, 0) is 11.3 Å². The number of amides is 1. The summed E-state index contributed by atoms with van der Waals surface area (Å²) in [7, 11) is 0. The summed E-state index contributed by atoms with van der Waals surface area (Å²) < 4.78 is 1.35. The summed E-state index contributed by atoms with van der Waals surface area (Å²) >= 11 is 1.49. The zero-order valence-electron chi connectivity index (χ0n) is 16.1. The van der Waals surface area contributed by atoms with E-state index in [1.807, 2.05) is 68.4 Å².